The summed E-state index contributed by atoms with van der Waals surface area (Å²) in [6, 6.07) is 4.93. The average molecular weight is 292 g/mol. The van der Waals surface area contributed by atoms with Crippen LogP contribution in [0.25, 0.3) is 11.0 Å². The molecule has 1 aromatic heterocycles. The van der Waals surface area contributed by atoms with Crippen LogP contribution in [0.3, 0.4) is 0 Å². The van der Waals surface area contributed by atoms with E-state index in [1.807, 2.05) is 13.8 Å². The van der Waals surface area contributed by atoms with Crippen LogP contribution in [0.15, 0.2) is 18.2 Å². The molecule has 0 saturated carbocycles. The molecule has 0 unspecified atom stereocenters. The van der Waals surface area contributed by atoms with Gasteiger partial charge in [0.2, 0.25) is 0 Å². The summed E-state index contributed by atoms with van der Waals surface area (Å²) in [5.74, 6) is -0.383. The lowest BCUT2D eigenvalue weighted by Crippen LogP contribution is -2.41. The van der Waals surface area contributed by atoms with Gasteiger partial charge in [-0.15, -0.1) is 0 Å². The minimum absolute atomic E-state index is 0.127. The number of rotatable bonds is 6. The van der Waals surface area contributed by atoms with Crippen LogP contribution in [0.4, 0.5) is 0 Å². The molecule has 3 N–H and O–H groups in total. The Morgan fingerprint density at radius 2 is 1.95 bits per heavy atom. The van der Waals surface area contributed by atoms with E-state index < -0.39 is 11.5 Å². The lowest BCUT2D eigenvalue weighted by atomic mass is 9.97. The molecule has 0 spiro atoms. The molecule has 0 amide bonds. The number of aromatic nitrogens is 2. The van der Waals surface area contributed by atoms with Gasteiger partial charge in [-0.1, -0.05) is 19.9 Å². The molecule has 6 heteroatoms. The molecule has 2 aromatic rings. The molecule has 0 radical (unpaired) electrons. The first-order valence-electron chi connectivity index (χ1n) is 7.00. The first-order valence-corrected chi connectivity index (χ1v) is 7.00. The molecule has 1 aromatic carbocycles. The van der Waals surface area contributed by atoms with Crippen molar-refractivity contribution in [3.8, 4) is 0 Å². The fourth-order valence-corrected chi connectivity index (χ4v) is 2.66. The molecule has 0 bridgehead atoms. The average Bonchev–Trinajstić information content (AvgIpc) is 2.89. The van der Waals surface area contributed by atoms with Crippen molar-refractivity contribution >= 4 is 17.0 Å². The van der Waals surface area contributed by atoms with Crippen molar-refractivity contribution < 1.29 is 20.1 Å². The Bertz CT molecular complexity index is 651. The zero-order valence-electron chi connectivity index (χ0n) is 12.2. The Hall–Kier alpha value is -1.92. The highest BCUT2D eigenvalue weighted by Crippen LogP contribution is 2.30. The van der Waals surface area contributed by atoms with Gasteiger partial charge < -0.3 is 19.9 Å². The number of para-hydroxylation sites is 1. The topological polar surface area (TPSA) is 95.6 Å². The second kappa shape index (κ2) is 5.83. The van der Waals surface area contributed by atoms with Gasteiger partial charge in [0.1, 0.15) is 11.3 Å². The largest absolute Gasteiger partial charge is 0.478 e. The second-order valence-electron chi connectivity index (χ2n) is 5.09. The Morgan fingerprint density at radius 1 is 1.29 bits per heavy atom. The minimum Gasteiger partial charge on any atom is -0.478 e. The summed E-state index contributed by atoms with van der Waals surface area (Å²) in [4.78, 5) is 15.8. The van der Waals surface area contributed by atoms with Crippen molar-refractivity contribution in [2.45, 2.75) is 32.2 Å². The molecule has 21 heavy (non-hydrogen) atoms. The number of aliphatic hydroxyl groups is 2. The van der Waals surface area contributed by atoms with Gasteiger partial charge in [-0.2, -0.15) is 0 Å². The van der Waals surface area contributed by atoms with E-state index in [9.17, 15) is 20.1 Å². The van der Waals surface area contributed by atoms with Crippen LogP contribution in [-0.4, -0.2) is 44.1 Å². The Balaban J connectivity index is 2.85. The van der Waals surface area contributed by atoms with Crippen molar-refractivity contribution in [3.63, 3.8) is 0 Å². The number of aliphatic hydroxyl groups excluding tert-OH is 2. The van der Waals surface area contributed by atoms with E-state index in [4.69, 9.17) is 0 Å². The van der Waals surface area contributed by atoms with Gasteiger partial charge in [-0.3, -0.25) is 0 Å². The van der Waals surface area contributed by atoms with Gasteiger partial charge in [0.05, 0.1) is 29.8 Å². The molecular formula is C15H20N2O4. The number of hydrogen-bond acceptors (Lipinski definition) is 4. The van der Waals surface area contributed by atoms with E-state index in [0.29, 0.717) is 29.7 Å². The molecule has 0 saturated heterocycles. The van der Waals surface area contributed by atoms with Crippen LogP contribution in [0, 0.1) is 0 Å². The van der Waals surface area contributed by atoms with Crippen LogP contribution in [0.1, 0.15) is 36.5 Å². The normalized spacial score (nSPS) is 12.0. The predicted octanol–water partition coefficient (Wildman–Crippen LogP) is 1.39. The number of fused-ring (bicyclic) bond motifs is 1. The van der Waals surface area contributed by atoms with Gasteiger partial charge in [-0.25, -0.2) is 9.78 Å². The van der Waals surface area contributed by atoms with Gasteiger partial charge in [0.15, 0.2) is 0 Å². The highest BCUT2D eigenvalue weighted by molar-refractivity contribution is 6.01. The van der Waals surface area contributed by atoms with Crippen molar-refractivity contribution in [1.29, 1.82) is 0 Å². The Labute approximate surface area is 122 Å². The molecule has 0 aliphatic rings. The summed E-state index contributed by atoms with van der Waals surface area (Å²) in [7, 11) is 0. The standard InChI is InChI=1S/C15H20N2O4/c1-3-12-16-13-10(14(20)21)6-5-7-11(13)17(12)15(4-2,8-18)9-19/h5-7,18-19H,3-4,8-9H2,1-2H3,(H,20,21). The Kier molecular flexibility index (Phi) is 4.29. The summed E-state index contributed by atoms with van der Waals surface area (Å²) in [5, 5.41) is 28.8. The summed E-state index contributed by atoms with van der Waals surface area (Å²) in [5.41, 5.74) is 0.261. The van der Waals surface area contributed by atoms with Crippen LogP contribution >= 0.6 is 0 Å². The molecule has 0 aliphatic heterocycles. The molecule has 0 aliphatic carbocycles. The third kappa shape index (κ3) is 2.30. The summed E-state index contributed by atoms with van der Waals surface area (Å²) in [6.45, 7) is 3.30. The smallest absolute Gasteiger partial charge is 0.337 e. The SMILES string of the molecule is CCc1nc2c(C(=O)O)cccc2n1C(CC)(CO)CO. The van der Waals surface area contributed by atoms with Gasteiger partial charge in [-0.05, 0) is 18.6 Å². The van der Waals surface area contributed by atoms with Crippen molar-refractivity contribution in [3.05, 3.63) is 29.6 Å². The van der Waals surface area contributed by atoms with Crippen LogP contribution in [0.5, 0.6) is 0 Å². The van der Waals surface area contributed by atoms with E-state index in [2.05, 4.69) is 4.98 Å². The van der Waals surface area contributed by atoms with Gasteiger partial charge >= 0.3 is 5.97 Å². The zero-order valence-corrected chi connectivity index (χ0v) is 12.2. The second-order valence-corrected chi connectivity index (χ2v) is 5.09. The molecule has 0 atom stereocenters. The fourth-order valence-electron chi connectivity index (χ4n) is 2.66. The predicted molar refractivity (Wildman–Crippen MR) is 78.5 cm³/mol. The van der Waals surface area contributed by atoms with Crippen LogP contribution in [-0.2, 0) is 12.0 Å². The highest BCUT2D eigenvalue weighted by atomic mass is 16.4. The van der Waals surface area contributed by atoms with Crippen molar-refractivity contribution in [1.82, 2.24) is 9.55 Å². The fraction of sp³-hybridized carbons (Fsp3) is 0.467. The molecule has 1 heterocycles. The first-order chi connectivity index (χ1) is 10.0. The Morgan fingerprint density at radius 3 is 2.43 bits per heavy atom. The summed E-state index contributed by atoms with van der Waals surface area (Å²) < 4.78 is 1.79. The lowest BCUT2D eigenvalue weighted by Gasteiger charge is -2.32. The first kappa shape index (κ1) is 15.5. The lowest BCUT2D eigenvalue weighted by molar-refractivity contribution is 0.0608. The molecule has 6 nitrogen and oxygen atoms in total. The number of hydrogen-bond donors (Lipinski definition) is 3. The van der Waals surface area contributed by atoms with Crippen molar-refractivity contribution in [2.75, 3.05) is 13.2 Å². The third-order valence-corrected chi connectivity index (χ3v) is 4.02. The molecule has 114 valence electrons. The van der Waals surface area contributed by atoms with Crippen LogP contribution in [0.2, 0.25) is 0 Å². The van der Waals surface area contributed by atoms with E-state index in [0.717, 1.165) is 0 Å². The van der Waals surface area contributed by atoms with E-state index in [1.165, 1.54) is 6.07 Å². The number of carbonyl (C=O) groups is 1. The number of carboxylic acid groups (broad SMARTS) is 1. The number of aromatic carboxylic acids is 1. The molecule has 0 fully saturated rings. The maximum absolute atomic E-state index is 11.3. The van der Waals surface area contributed by atoms with Crippen LogP contribution < -0.4 is 0 Å². The van der Waals surface area contributed by atoms with E-state index >= 15 is 0 Å². The minimum atomic E-state index is -1.04. The molecule has 2 rings (SSSR count). The van der Waals surface area contributed by atoms with E-state index in [-0.39, 0.29) is 18.8 Å². The number of imidazole rings is 1. The highest BCUT2D eigenvalue weighted by Gasteiger charge is 2.33. The third-order valence-electron chi connectivity index (χ3n) is 4.02. The van der Waals surface area contributed by atoms with Gasteiger partial charge in [0, 0.05) is 6.42 Å². The monoisotopic (exact) mass is 292 g/mol. The number of carboxylic acids is 1. The number of nitrogens with zero attached hydrogens (tertiary/aromatic N) is 2. The van der Waals surface area contributed by atoms with E-state index in [1.54, 1.807) is 16.7 Å². The van der Waals surface area contributed by atoms with Gasteiger partial charge in [0.25, 0.3) is 0 Å². The maximum Gasteiger partial charge on any atom is 0.337 e. The molecular weight excluding hydrogens is 272 g/mol. The summed E-state index contributed by atoms with van der Waals surface area (Å²) in [6.07, 6.45) is 1.09. The zero-order chi connectivity index (χ0) is 15.6. The van der Waals surface area contributed by atoms with Crippen molar-refractivity contribution in [2.24, 2.45) is 0 Å². The summed E-state index contributed by atoms with van der Waals surface area (Å²) >= 11 is 0. The number of benzene rings is 1. The quantitative estimate of drug-likeness (QED) is 0.747. The maximum atomic E-state index is 11.3. The number of aryl methyl sites for hydroxylation is 1.